The monoisotopic (exact) mass is 937 g/mol. The second-order valence-electron chi connectivity index (χ2n) is 16.4. The van der Waals surface area contributed by atoms with Crippen LogP contribution in [0.2, 0.25) is 0 Å². The van der Waals surface area contributed by atoms with Crippen molar-refractivity contribution in [3.63, 3.8) is 0 Å². The van der Waals surface area contributed by atoms with E-state index in [0.29, 0.717) is 23.0 Å². The maximum Gasteiger partial charge on any atom is 2.00 e. The zero-order chi connectivity index (χ0) is 39.1. The van der Waals surface area contributed by atoms with Crippen LogP contribution in [0.1, 0.15) is 72.6 Å². The quantitative estimate of drug-likeness (QED) is 0.149. The maximum atomic E-state index is 6.88. The first-order valence-corrected chi connectivity index (χ1v) is 19.6. The predicted octanol–water partition coefficient (Wildman–Crippen LogP) is 11.6. The van der Waals surface area contributed by atoms with Crippen molar-refractivity contribution < 1.29 is 30.5 Å². The van der Waals surface area contributed by atoms with Crippen molar-refractivity contribution in [2.24, 2.45) is 4.99 Å². The van der Waals surface area contributed by atoms with Crippen LogP contribution in [0.4, 0.5) is 0 Å². The van der Waals surface area contributed by atoms with Crippen LogP contribution in [0.25, 0.3) is 38.9 Å². The van der Waals surface area contributed by atoms with Crippen LogP contribution < -0.4 is 4.74 Å². The second-order valence-corrected chi connectivity index (χ2v) is 16.4. The number of aliphatic imine (C=N–C) groups is 1. The second kappa shape index (κ2) is 14.2. The molecule has 0 radical (unpaired) electrons. The topological polar surface area (TPSA) is 61.5 Å². The molecule has 0 N–H and O–H groups in total. The third kappa shape index (κ3) is 6.17. The number of aromatic nitrogens is 3. The normalized spacial score (nSPS) is 16.1. The van der Waals surface area contributed by atoms with Gasteiger partial charge in [0.05, 0.1) is 17.3 Å². The molecule has 0 saturated heterocycles. The first-order chi connectivity index (χ1) is 27.6. The Hall–Kier alpha value is -5.84. The molecule has 0 amide bonds. The summed E-state index contributed by atoms with van der Waals surface area (Å²) >= 11 is 0. The molecule has 3 aromatic heterocycles. The number of pyridine rings is 2. The van der Waals surface area contributed by atoms with Crippen LogP contribution in [0, 0.1) is 26.0 Å². The van der Waals surface area contributed by atoms with Crippen molar-refractivity contribution in [3.8, 4) is 28.4 Å². The molecule has 2 aliphatic heterocycles. The van der Waals surface area contributed by atoms with Gasteiger partial charge in [-0.15, -0.1) is 23.3 Å². The number of hydrogen-bond acceptors (Lipinski definition) is 5. The van der Waals surface area contributed by atoms with Gasteiger partial charge < -0.3 is 14.0 Å². The summed E-state index contributed by atoms with van der Waals surface area (Å²) in [5.41, 5.74) is 11.4. The van der Waals surface area contributed by atoms with E-state index in [1.54, 1.807) is 6.20 Å². The fraction of sp³-hybridized carbons (Fsp3) is 0.196. The van der Waals surface area contributed by atoms with E-state index in [1.165, 1.54) is 27.6 Å². The summed E-state index contributed by atoms with van der Waals surface area (Å²) in [6, 6.07) is 49.3. The van der Waals surface area contributed by atoms with Crippen LogP contribution in [-0.2, 0) is 31.2 Å². The fourth-order valence-electron chi connectivity index (χ4n) is 8.90. The molecule has 10 rings (SSSR count). The zero-order valence-corrected chi connectivity index (χ0v) is 35.6. The van der Waals surface area contributed by atoms with E-state index in [4.69, 9.17) is 24.4 Å². The van der Waals surface area contributed by atoms with Crippen molar-refractivity contribution in [1.29, 1.82) is 0 Å². The molecule has 0 saturated carbocycles. The van der Waals surface area contributed by atoms with E-state index in [1.807, 2.05) is 36.5 Å². The van der Waals surface area contributed by atoms with Gasteiger partial charge in [-0.25, -0.2) is 4.98 Å². The molecule has 288 valence electrons. The van der Waals surface area contributed by atoms with Crippen molar-refractivity contribution in [3.05, 3.63) is 185 Å². The Kier molecular flexibility index (Phi) is 9.24. The number of benzene rings is 5. The third-order valence-electron chi connectivity index (χ3n) is 11.8. The van der Waals surface area contributed by atoms with Crippen LogP contribution in [0.15, 0.2) is 139 Å². The van der Waals surface area contributed by atoms with Gasteiger partial charge in [0.2, 0.25) is 0 Å². The molecular formula is C51H42N4O2Pt. The summed E-state index contributed by atoms with van der Waals surface area (Å²) in [6.45, 7) is 13.0. The number of ether oxygens (including phenoxy) is 2. The minimum absolute atomic E-state index is 0. The molecule has 0 fully saturated rings. The summed E-state index contributed by atoms with van der Waals surface area (Å²) in [6.07, 6.45) is 3.74. The van der Waals surface area contributed by atoms with Gasteiger partial charge in [0.25, 0.3) is 0 Å². The zero-order valence-electron chi connectivity index (χ0n) is 33.3. The Morgan fingerprint density at radius 1 is 0.741 bits per heavy atom. The minimum atomic E-state index is -0.620. The van der Waals surface area contributed by atoms with Gasteiger partial charge in [-0.2, -0.15) is 6.07 Å². The molecule has 5 heterocycles. The number of fused-ring (bicyclic) bond motifs is 5. The van der Waals surface area contributed by atoms with Crippen LogP contribution in [0.3, 0.4) is 0 Å². The van der Waals surface area contributed by atoms with Gasteiger partial charge in [-0.3, -0.25) is 9.98 Å². The Morgan fingerprint density at radius 2 is 1.47 bits per heavy atom. The van der Waals surface area contributed by atoms with Crippen molar-refractivity contribution >= 4 is 27.8 Å². The molecule has 5 aromatic carbocycles. The average molecular weight is 938 g/mol. The molecule has 0 bridgehead atoms. The van der Waals surface area contributed by atoms with E-state index in [2.05, 4.69) is 149 Å². The summed E-state index contributed by atoms with van der Waals surface area (Å²) in [7, 11) is 0. The fourth-order valence-corrected chi connectivity index (χ4v) is 8.90. The number of hydrogen-bond donors (Lipinski definition) is 0. The predicted molar refractivity (Wildman–Crippen MR) is 228 cm³/mol. The van der Waals surface area contributed by atoms with E-state index in [0.717, 1.165) is 44.6 Å². The van der Waals surface area contributed by atoms with Gasteiger partial charge in [0.15, 0.2) is 0 Å². The molecule has 0 unspecified atom stereocenters. The van der Waals surface area contributed by atoms with Crippen molar-refractivity contribution in [2.75, 3.05) is 0 Å². The number of rotatable bonds is 7. The molecule has 8 aromatic rings. The minimum Gasteiger partial charge on any atom is -0.512 e. The van der Waals surface area contributed by atoms with E-state index in [9.17, 15) is 0 Å². The molecule has 0 aliphatic carbocycles. The Labute approximate surface area is 353 Å². The van der Waals surface area contributed by atoms with Crippen LogP contribution in [0.5, 0.6) is 11.5 Å². The van der Waals surface area contributed by atoms with E-state index < -0.39 is 5.60 Å². The average Bonchev–Trinajstić information content (AvgIpc) is 3.72. The van der Waals surface area contributed by atoms with E-state index in [-0.39, 0.29) is 38.4 Å². The SMILES string of the molecule is Cc1cnc2c(c1)c1cccc3c1n2-c1[c-]c(Oc2[c-]c(C4=N[C@H](C(c5ccccc5)c5ccccc5)C(C)(C)O4)cc(-c4ccccn4)c2)c(C)cc1C3(C)C.[Pt+2]. The maximum absolute atomic E-state index is 6.88. The number of para-hydroxylation sites is 1. The Balaban J connectivity index is 0.00000436. The summed E-state index contributed by atoms with van der Waals surface area (Å²) < 4.78 is 16.0. The van der Waals surface area contributed by atoms with Gasteiger partial charge >= 0.3 is 21.1 Å². The standard InChI is InChI=1S/C51H42N4O2.Pt/c1-31-24-39-38-20-15-21-40-46(38)55(48(39)53-30-31)43-29-44(32(2)25-41(43)50(40,3)4)56-37-27-35(42-22-13-14-23-52-42)26-36(28-37)49-54-47(51(5,6)57-49)45(33-16-9-7-10-17-33)34-18-11-8-12-19-34;/h7-27,30,45,47H,1-6H3;/q-2;+2/t47-;/m1./s1. The third-order valence-corrected chi connectivity index (χ3v) is 11.8. The summed E-state index contributed by atoms with van der Waals surface area (Å²) in [4.78, 5) is 15.1. The smallest absolute Gasteiger partial charge is 0.512 e. The van der Waals surface area contributed by atoms with Crippen LogP contribution in [-0.4, -0.2) is 32.1 Å². The van der Waals surface area contributed by atoms with Crippen molar-refractivity contribution in [1.82, 2.24) is 14.5 Å². The van der Waals surface area contributed by atoms with Gasteiger partial charge in [-0.1, -0.05) is 135 Å². The van der Waals surface area contributed by atoms with Gasteiger partial charge in [-0.05, 0) is 66.6 Å². The van der Waals surface area contributed by atoms with Crippen molar-refractivity contribution in [2.45, 2.75) is 64.5 Å². The molecule has 1 atom stereocenters. The van der Waals surface area contributed by atoms with Crippen LogP contribution >= 0.6 is 0 Å². The molecule has 6 nitrogen and oxygen atoms in total. The molecule has 0 spiro atoms. The number of nitrogens with zero attached hydrogens (tertiary/aromatic N) is 4. The summed E-state index contributed by atoms with van der Waals surface area (Å²) in [5.74, 6) is 1.64. The molecule has 58 heavy (non-hydrogen) atoms. The molecular weight excluding hydrogens is 896 g/mol. The molecule has 7 heteroatoms. The Morgan fingerprint density at radius 3 is 2.17 bits per heavy atom. The first kappa shape index (κ1) is 37.7. The van der Waals surface area contributed by atoms with Gasteiger partial charge in [0.1, 0.15) is 17.1 Å². The number of aryl methyl sites for hydroxylation is 2. The Bertz CT molecular complexity index is 2840. The first-order valence-electron chi connectivity index (χ1n) is 19.6. The van der Waals surface area contributed by atoms with Gasteiger partial charge in [0, 0.05) is 40.6 Å². The molecule has 2 aliphatic rings. The largest absolute Gasteiger partial charge is 2.00 e. The van der Waals surface area contributed by atoms with E-state index >= 15 is 0 Å². The summed E-state index contributed by atoms with van der Waals surface area (Å²) in [5, 5.41) is 2.32.